The highest BCUT2D eigenvalue weighted by atomic mass is 16.1. The van der Waals surface area contributed by atoms with Crippen LogP contribution >= 0.6 is 0 Å². The van der Waals surface area contributed by atoms with E-state index >= 15 is 0 Å². The van der Waals surface area contributed by atoms with Crippen LogP contribution in [0.5, 0.6) is 0 Å². The summed E-state index contributed by atoms with van der Waals surface area (Å²) in [6, 6.07) is 0.0480. The van der Waals surface area contributed by atoms with Crippen LogP contribution in [0.25, 0.3) is 0 Å². The van der Waals surface area contributed by atoms with Gasteiger partial charge in [0, 0.05) is 0 Å². The van der Waals surface area contributed by atoms with Gasteiger partial charge in [-0.3, -0.25) is 0 Å². The molecule has 0 aliphatic carbocycles. The van der Waals surface area contributed by atoms with Gasteiger partial charge in [-0.1, -0.05) is 6.42 Å². The quantitative estimate of drug-likeness (QED) is 0.410. The van der Waals surface area contributed by atoms with E-state index in [4.69, 9.17) is 0 Å². The van der Waals surface area contributed by atoms with Crippen molar-refractivity contribution in [3.63, 3.8) is 0 Å². The SMILES string of the molecule is CNCCCC[C@@H](C=O)NC. The standard InChI is InChI=1S/C8H18N2O/c1-9-6-4-3-5-8(7-11)10-2/h7-10H,3-6H2,1-2H3/t8-/m0/s1. The van der Waals surface area contributed by atoms with Crippen molar-refractivity contribution in [2.45, 2.75) is 25.3 Å². The van der Waals surface area contributed by atoms with Crippen LogP contribution in [0, 0.1) is 0 Å². The van der Waals surface area contributed by atoms with Gasteiger partial charge in [0.2, 0.25) is 0 Å². The van der Waals surface area contributed by atoms with E-state index in [0.717, 1.165) is 32.1 Å². The summed E-state index contributed by atoms with van der Waals surface area (Å²) in [6.07, 6.45) is 4.16. The molecule has 0 spiro atoms. The van der Waals surface area contributed by atoms with Crippen LogP contribution < -0.4 is 10.6 Å². The highest BCUT2D eigenvalue weighted by Gasteiger charge is 2.01. The van der Waals surface area contributed by atoms with Crippen molar-refractivity contribution in [1.82, 2.24) is 10.6 Å². The van der Waals surface area contributed by atoms with Gasteiger partial charge < -0.3 is 15.4 Å². The number of carbonyl (C=O) groups is 1. The van der Waals surface area contributed by atoms with Gasteiger partial charge in [-0.05, 0) is 33.5 Å². The molecule has 0 saturated heterocycles. The molecule has 0 radical (unpaired) electrons. The monoisotopic (exact) mass is 158 g/mol. The van der Waals surface area contributed by atoms with Crippen molar-refractivity contribution in [2.75, 3.05) is 20.6 Å². The van der Waals surface area contributed by atoms with E-state index in [0.29, 0.717) is 0 Å². The first-order valence-electron chi connectivity index (χ1n) is 4.12. The van der Waals surface area contributed by atoms with Gasteiger partial charge in [0.05, 0.1) is 6.04 Å². The number of hydrogen-bond donors (Lipinski definition) is 2. The molecule has 66 valence electrons. The van der Waals surface area contributed by atoms with E-state index in [2.05, 4.69) is 10.6 Å². The maximum atomic E-state index is 10.3. The van der Waals surface area contributed by atoms with E-state index < -0.39 is 0 Å². The molecule has 0 fully saturated rings. The first kappa shape index (κ1) is 10.6. The molecule has 1 atom stereocenters. The molecule has 0 saturated carbocycles. The van der Waals surface area contributed by atoms with Crippen LogP contribution in [-0.2, 0) is 4.79 Å². The molecule has 0 aromatic rings. The lowest BCUT2D eigenvalue weighted by Gasteiger charge is -2.07. The number of nitrogens with one attached hydrogen (secondary N) is 2. The molecule has 0 rings (SSSR count). The number of rotatable bonds is 7. The lowest BCUT2D eigenvalue weighted by Crippen LogP contribution is -2.26. The molecule has 0 aromatic carbocycles. The van der Waals surface area contributed by atoms with E-state index in [1.165, 1.54) is 0 Å². The molecule has 0 aliphatic heterocycles. The first-order valence-corrected chi connectivity index (χ1v) is 4.12. The Morgan fingerprint density at radius 2 is 2.09 bits per heavy atom. The Morgan fingerprint density at radius 3 is 2.55 bits per heavy atom. The summed E-state index contributed by atoms with van der Waals surface area (Å²) in [7, 11) is 3.76. The van der Waals surface area contributed by atoms with Crippen LogP contribution in [-0.4, -0.2) is 33.0 Å². The molecule has 11 heavy (non-hydrogen) atoms. The molecular weight excluding hydrogens is 140 g/mol. The van der Waals surface area contributed by atoms with Crippen LogP contribution in [0.1, 0.15) is 19.3 Å². The lowest BCUT2D eigenvalue weighted by molar-refractivity contribution is -0.109. The Morgan fingerprint density at radius 1 is 1.36 bits per heavy atom. The minimum Gasteiger partial charge on any atom is -0.320 e. The average Bonchev–Trinajstić information content (AvgIpc) is 2.05. The Balaban J connectivity index is 3.14. The minimum atomic E-state index is 0.0480. The molecule has 3 heteroatoms. The third-order valence-electron chi connectivity index (χ3n) is 1.73. The van der Waals surface area contributed by atoms with Crippen molar-refractivity contribution >= 4 is 6.29 Å². The molecule has 0 aliphatic rings. The average molecular weight is 158 g/mol. The van der Waals surface area contributed by atoms with Gasteiger partial charge in [0.15, 0.2) is 0 Å². The summed E-state index contributed by atoms with van der Waals surface area (Å²) >= 11 is 0. The number of unbranched alkanes of at least 4 members (excludes halogenated alkanes) is 1. The normalized spacial score (nSPS) is 12.9. The zero-order chi connectivity index (χ0) is 8.53. The van der Waals surface area contributed by atoms with Gasteiger partial charge in [-0.2, -0.15) is 0 Å². The fourth-order valence-corrected chi connectivity index (χ4v) is 0.946. The molecule has 3 nitrogen and oxygen atoms in total. The minimum absolute atomic E-state index is 0.0480. The second-order valence-corrected chi connectivity index (χ2v) is 2.63. The third kappa shape index (κ3) is 6.01. The Labute approximate surface area is 68.6 Å². The van der Waals surface area contributed by atoms with Crippen LogP contribution in [0.15, 0.2) is 0 Å². The zero-order valence-electron chi connectivity index (χ0n) is 7.39. The predicted molar refractivity (Wildman–Crippen MR) is 46.7 cm³/mol. The number of aldehydes is 1. The van der Waals surface area contributed by atoms with Crippen molar-refractivity contribution in [3.8, 4) is 0 Å². The number of carbonyl (C=O) groups excluding carboxylic acids is 1. The molecule has 2 N–H and O–H groups in total. The van der Waals surface area contributed by atoms with Crippen LogP contribution in [0.4, 0.5) is 0 Å². The molecule has 0 aromatic heterocycles. The second kappa shape index (κ2) is 7.69. The van der Waals surface area contributed by atoms with E-state index in [1.54, 1.807) is 0 Å². The summed E-state index contributed by atoms with van der Waals surface area (Å²) in [5.74, 6) is 0. The molecule has 0 unspecified atom stereocenters. The maximum Gasteiger partial charge on any atom is 0.136 e. The topological polar surface area (TPSA) is 41.1 Å². The van der Waals surface area contributed by atoms with E-state index in [9.17, 15) is 4.79 Å². The Kier molecular flexibility index (Phi) is 7.41. The summed E-state index contributed by atoms with van der Waals surface area (Å²) < 4.78 is 0. The summed E-state index contributed by atoms with van der Waals surface area (Å²) in [5.41, 5.74) is 0. The third-order valence-corrected chi connectivity index (χ3v) is 1.73. The molecule has 0 heterocycles. The van der Waals surface area contributed by atoms with Crippen molar-refractivity contribution < 1.29 is 4.79 Å². The Bertz CT molecular complexity index is 96.1. The number of likely N-dealkylation sites (N-methyl/N-ethyl adjacent to an activating group) is 1. The second-order valence-electron chi connectivity index (χ2n) is 2.63. The van der Waals surface area contributed by atoms with Crippen molar-refractivity contribution in [1.29, 1.82) is 0 Å². The fourth-order valence-electron chi connectivity index (χ4n) is 0.946. The zero-order valence-corrected chi connectivity index (χ0v) is 7.39. The highest BCUT2D eigenvalue weighted by molar-refractivity contribution is 5.57. The van der Waals surface area contributed by atoms with E-state index in [-0.39, 0.29) is 6.04 Å². The van der Waals surface area contributed by atoms with Gasteiger partial charge in [-0.25, -0.2) is 0 Å². The maximum absolute atomic E-state index is 10.3. The van der Waals surface area contributed by atoms with Crippen molar-refractivity contribution in [3.05, 3.63) is 0 Å². The summed E-state index contributed by atoms with van der Waals surface area (Å²) in [4.78, 5) is 10.3. The van der Waals surface area contributed by atoms with Gasteiger partial charge in [0.1, 0.15) is 6.29 Å². The molecule has 0 bridgehead atoms. The van der Waals surface area contributed by atoms with Gasteiger partial charge >= 0.3 is 0 Å². The van der Waals surface area contributed by atoms with E-state index in [1.807, 2.05) is 14.1 Å². The van der Waals surface area contributed by atoms with Crippen LogP contribution in [0.3, 0.4) is 0 Å². The van der Waals surface area contributed by atoms with Crippen molar-refractivity contribution in [2.24, 2.45) is 0 Å². The fraction of sp³-hybridized carbons (Fsp3) is 0.875. The highest BCUT2D eigenvalue weighted by Crippen LogP contribution is 1.97. The molecule has 0 amide bonds. The Hall–Kier alpha value is -0.410. The predicted octanol–water partition coefficient (Wildman–Crippen LogP) is 0.163. The van der Waals surface area contributed by atoms with Gasteiger partial charge in [-0.15, -0.1) is 0 Å². The first-order chi connectivity index (χ1) is 5.35. The van der Waals surface area contributed by atoms with Gasteiger partial charge in [0.25, 0.3) is 0 Å². The largest absolute Gasteiger partial charge is 0.320 e. The summed E-state index contributed by atoms with van der Waals surface area (Å²) in [6.45, 7) is 1.04. The van der Waals surface area contributed by atoms with Crippen LogP contribution in [0.2, 0.25) is 0 Å². The lowest BCUT2D eigenvalue weighted by atomic mass is 10.1. The molecular formula is C8H18N2O. The summed E-state index contributed by atoms with van der Waals surface area (Å²) in [5, 5.41) is 6.01. The smallest absolute Gasteiger partial charge is 0.136 e. The number of hydrogen-bond acceptors (Lipinski definition) is 3.